The van der Waals surface area contributed by atoms with E-state index in [2.05, 4.69) is 43.8 Å². The van der Waals surface area contributed by atoms with Crippen molar-refractivity contribution in [3.63, 3.8) is 0 Å². The standard InChI is InChI=1S/C23H26BrIN2O3/c1-16(23(29)26-20-7-2-3-8-20)27(14-17-5-4-6-18(24)13-17)22(28)15-30-21-11-9-19(25)10-12-21/h4-6,9-13,16,20H,2-3,7-8,14-15H2,1H3,(H,26,29)/t16-/m1/s1. The third-order valence-corrected chi connectivity index (χ3v) is 6.50. The van der Waals surface area contributed by atoms with Gasteiger partial charge in [-0.25, -0.2) is 0 Å². The van der Waals surface area contributed by atoms with Crippen molar-refractivity contribution in [2.24, 2.45) is 0 Å². The lowest BCUT2D eigenvalue weighted by Gasteiger charge is -2.29. The fraction of sp³-hybridized carbons (Fsp3) is 0.391. The van der Waals surface area contributed by atoms with Gasteiger partial charge in [0.1, 0.15) is 11.8 Å². The molecule has 160 valence electrons. The third-order valence-electron chi connectivity index (χ3n) is 5.29. The zero-order chi connectivity index (χ0) is 21.5. The van der Waals surface area contributed by atoms with E-state index in [0.717, 1.165) is 39.3 Å². The van der Waals surface area contributed by atoms with Crippen LogP contribution >= 0.6 is 38.5 Å². The molecule has 2 amide bonds. The molecular weight excluding hydrogens is 559 g/mol. The molecule has 1 aliphatic carbocycles. The maximum Gasteiger partial charge on any atom is 0.261 e. The fourth-order valence-corrected chi connectivity index (χ4v) is 4.37. The van der Waals surface area contributed by atoms with Gasteiger partial charge in [-0.3, -0.25) is 9.59 Å². The summed E-state index contributed by atoms with van der Waals surface area (Å²) in [4.78, 5) is 27.5. The number of hydrogen-bond acceptors (Lipinski definition) is 3. The van der Waals surface area contributed by atoms with Crippen molar-refractivity contribution in [1.29, 1.82) is 0 Å². The van der Waals surface area contributed by atoms with Crippen LogP contribution in [0.25, 0.3) is 0 Å². The molecule has 0 heterocycles. The average molecular weight is 585 g/mol. The molecule has 7 heteroatoms. The molecule has 2 aromatic carbocycles. The second-order valence-electron chi connectivity index (χ2n) is 7.56. The Kier molecular flexibility index (Phi) is 8.56. The Bertz CT molecular complexity index is 869. The van der Waals surface area contributed by atoms with Crippen LogP contribution in [0.4, 0.5) is 0 Å². The topological polar surface area (TPSA) is 58.6 Å². The van der Waals surface area contributed by atoms with E-state index < -0.39 is 6.04 Å². The van der Waals surface area contributed by atoms with Crippen LogP contribution in [0.2, 0.25) is 0 Å². The van der Waals surface area contributed by atoms with E-state index in [9.17, 15) is 9.59 Å². The molecule has 0 aliphatic heterocycles. The normalized spacial score (nSPS) is 14.9. The fourth-order valence-electron chi connectivity index (χ4n) is 3.57. The highest BCUT2D eigenvalue weighted by Gasteiger charge is 2.28. The zero-order valence-corrected chi connectivity index (χ0v) is 20.7. The molecule has 1 aliphatic rings. The van der Waals surface area contributed by atoms with Gasteiger partial charge in [0, 0.05) is 20.6 Å². The maximum atomic E-state index is 13.1. The van der Waals surface area contributed by atoms with E-state index in [-0.39, 0.29) is 24.5 Å². The van der Waals surface area contributed by atoms with Gasteiger partial charge < -0.3 is 15.0 Å². The summed E-state index contributed by atoms with van der Waals surface area (Å²) < 4.78 is 7.73. The van der Waals surface area contributed by atoms with Crippen molar-refractivity contribution in [3.8, 4) is 5.75 Å². The molecule has 0 unspecified atom stereocenters. The van der Waals surface area contributed by atoms with Crippen molar-refractivity contribution in [2.45, 2.75) is 51.2 Å². The highest BCUT2D eigenvalue weighted by Crippen LogP contribution is 2.20. The van der Waals surface area contributed by atoms with Crippen LogP contribution < -0.4 is 10.1 Å². The van der Waals surface area contributed by atoms with Crippen LogP contribution in [-0.2, 0) is 16.1 Å². The monoisotopic (exact) mass is 584 g/mol. The van der Waals surface area contributed by atoms with Crippen LogP contribution in [0.3, 0.4) is 0 Å². The van der Waals surface area contributed by atoms with E-state index >= 15 is 0 Å². The predicted molar refractivity (Wildman–Crippen MR) is 129 cm³/mol. The Balaban J connectivity index is 1.70. The van der Waals surface area contributed by atoms with Gasteiger partial charge in [-0.1, -0.05) is 40.9 Å². The molecule has 2 aromatic rings. The molecule has 0 saturated heterocycles. The molecular formula is C23H26BrIN2O3. The van der Waals surface area contributed by atoms with E-state index in [1.165, 1.54) is 0 Å². The molecule has 1 saturated carbocycles. The van der Waals surface area contributed by atoms with Crippen molar-refractivity contribution < 1.29 is 14.3 Å². The highest BCUT2D eigenvalue weighted by atomic mass is 127. The summed E-state index contributed by atoms with van der Waals surface area (Å²) in [7, 11) is 0. The Labute approximate surface area is 199 Å². The Morgan fingerprint density at radius 2 is 1.90 bits per heavy atom. The summed E-state index contributed by atoms with van der Waals surface area (Å²) in [5.74, 6) is 0.302. The molecule has 1 atom stereocenters. The van der Waals surface area contributed by atoms with Gasteiger partial charge in [0.05, 0.1) is 0 Å². The van der Waals surface area contributed by atoms with Crippen LogP contribution in [0.15, 0.2) is 53.0 Å². The van der Waals surface area contributed by atoms with E-state index in [4.69, 9.17) is 4.74 Å². The molecule has 0 spiro atoms. The number of rotatable bonds is 8. The zero-order valence-electron chi connectivity index (χ0n) is 16.9. The third kappa shape index (κ3) is 6.70. The largest absolute Gasteiger partial charge is 0.484 e. The Hall–Kier alpha value is -1.61. The first-order chi connectivity index (χ1) is 14.4. The quantitative estimate of drug-likeness (QED) is 0.449. The van der Waals surface area contributed by atoms with Gasteiger partial charge in [-0.15, -0.1) is 0 Å². The van der Waals surface area contributed by atoms with E-state index in [1.54, 1.807) is 11.8 Å². The lowest BCUT2D eigenvalue weighted by Crippen LogP contribution is -2.50. The van der Waals surface area contributed by atoms with E-state index in [0.29, 0.717) is 12.3 Å². The highest BCUT2D eigenvalue weighted by molar-refractivity contribution is 14.1. The molecule has 5 nitrogen and oxygen atoms in total. The second kappa shape index (κ2) is 11.1. The van der Waals surface area contributed by atoms with Gasteiger partial charge in [0.15, 0.2) is 6.61 Å². The first kappa shape index (κ1) is 23.1. The number of hydrogen-bond donors (Lipinski definition) is 1. The maximum absolute atomic E-state index is 13.1. The number of halogens is 2. The number of carbonyl (C=O) groups excluding carboxylic acids is 2. The number of amides is 2. The minimum Gasteiger partial charge on any atom is -0.484 e. The average Bonchev–Trinajstić information content (AvgIpc) is 3.24. The summed E-state index contributed by atoms with van der Waals surface area (Å²) >= 11 is 5.69. The second-order valence-corrected chi connectivity index (χ2v) is 9.72. The Morgan fingerprint density at radius 1 is 1.20 bits per heavy atom. The lowest BCUT2D eigenvalue weighted by molar-refractivity contribution is -0.142. The first-order valence-corrected chi connectivity index (χ1v) is 12.0. The van der Waals surface area contributed by atoms with Crippen LogP contribution in [0.5, 0.6) is 5.75 Å². The molecule has 30 heavy (non-hydrogen) atoms. The number of nitrogens with one attached hydrogen (secondary N) is 1. The molecule has 0 aromatic heterocycles. The summed E-state index contributed by atoms with van der Waals surface area (Å²) in [5, 5.41) is 3.11. The smallest absolute Gasteiger partial charge is 0.261 e. The van der Waals surface area contributed by atoms with Gasteiger partial charge in [-0.2, -0.15) is 0 Å². The van der Waals surface area contributed by atoms with Crippen molar-refractivity contribution in [3.05, 3.63) is 62.1 Å². The van der Waals surface area contributed by atoms with Crippen LogP contribution in [0, 0.1) is 3.57 Å². The molecule has 3 rings (SSSR count). The number of ether oxygens (including phenoxy) is 1. The lowest BCUT2D eigenvalue weighted by atomic mass is 10.1. The summed E-state index contributed by atoms with van der Waals surface area (Å²) in [6, 6.07) is 14.9. The number of nitrogens with zero attached hydrogens (tertiary/aromatic N) is 1. The summed E-state index contributed by atoms with van der Waals surface area (Å²) in [6.45, 7) is 2.01. The van der Waals surface area contributed by atoms with Gasteiger partial charge in [0.25, 0.3) is 5.91 Å². The minimum absolute atomic E-state index is 0.112. The summed E-state index contributed by atoms with van der Waals surface area (Å²) in [6.07, 6.45) is 4.30. The SMILES string of the molecule is C[C@H](C(=O)NC1CCCC1)N(Cc1cccc(Br)c1)C(=O)COc1ccc(I)cc1. The van der Waals surface area contributed by atoms with Gasteiger partial charge in [0.2, 0.25) is 5.91 Å². The van der Waals surface area contributed by atoms with Crippen molar-refractivity contribution >= 4 is 50.3 Å². The molecule has 0 radical (unpaired) electrons. The van der Waals surface area contributed by atoms with Crippen molar-refractivity contribution in [2.75, 3.05) is 6.61 Å². The van der Waals surface area contributed by atoms with Crippen LogP contribution in [-0.4, -0.2) is 35.4 Å². The summed E-state index contributed by atoms with van der Waals surface area (Å²) in [5.41, 5.74) is 0.951. The van der Waals surface area contributed by atoms with Crippen LogP contribution in [0.1, 0.15) is 38.2 Å². The first-order valence-electron chi connectivity index (χ1n) is 10.1. The predicted octanol–water partition coefficient (Wildman–Crippen LogP) is 4.91. The molecule has 1 N–H and O–H groups in total. The minimum atomic E-state index is -0.586. The van der Waals surface area contributed by atoms with Gasteiger partial charge >= 0.3 is 0 Å². The van der Waals surface area contributed by atoms with Gasteiger partial charge in [-0.05, 0) is 84.3 Å². The molecule has 0 bridgehead atoms. The molecule has 1 fully saturated rings. The number of carbonyl (C=O) groups is 2. The number of benzene rings is 2. The Morgan fingerprint density at radius 3 is 2.57 bits per heavy atom. The van der Waals surface area contributed by atoms with E-state index in [1.807, 2.05) is 48.5 Å². The van der Waals surface area contributed by atoms with Crippen molar-refractivity contribution in [1.82, 2.24) is 10.2 Å².